The van der Waals surface area contributed by atoms with Gasteiger partial charge in [0.15, 0.2) is 6.54 Å². The van der Waals surface area contributed by atoms with Crippen molar-refractivity contribution in [1.29, 1.82) is 0 Å². The minimum Gasteiger partial charge on any atom is -0.748 e. The summed E-state index contributed by atoms with van der Waals surface area (Å²) in [4.78, 5) is 26.8. The first-order valence-electron chi connectivity index (χ1n) is 13.8. The summed E-state index contributed by atoms with van der Waals surface area (Å²) in [6, 6.07) is 17.8. The Morgan fingerprint density at radius 2 is 1.65 bits per heavy atom. The normalized spacial score (nSPS) is 11.6. The van der Waals surface area contributed by atoms with Gasteiger partial charge >= 0.3 is 5.97 Å². The highest BCUT2D eigenvalue weighted by Crippen LogP contribution is 2.31. The minimum atomic E-state index is -4.37. The number of pyridine rings is 1. The van der Waals surface area contributed by atoms with Gasteiger partial charge in [-0.25, -0.2) is 13.2 Å². The van der Waals surface area contributed by atoms with Crippen molar-refractivity contribution in [1.82, 2.24) is 5.32 Å². The molecule has 1 heterocycles. The summed E-state index contributed by atoms with van der Waals surface area (Å²) in [5.41, 5.74) is 8.61. The summed E-state index contributed by atoms with van der Waals surface area (Å²) in [6.07, 6.45) is 0.120. The van der Waals surface area contributed by atoms with Crippen LogP contribution >= 0.6 is 0 Å². The molecule has 0 aliphatic rings. The molecule has 4 aromatic rings. The molecular formula is C31H35N3O8S. The zero-order valence-electron chi connectivity index (χ0n) is 24.1. The first-order chi connectivity index (χ1) is 20.6. The van der Waals surface area contributed by atoms with Gasteiger partial charge in [-0.15, -0.1) is 0 Å². The zero-order valence-corrected chi connectivity index (χ0v) is 24.9. The number of aryl methyl sites for hydroxylation is 2. The third kappa shape index (κ3) is 7.92. The summed E-state index contributed by atoms with van der Waals surface area (Å²) < 4.78 is 52.3. The molecule has 228 valence electrons. The van der Waals surface area contributed by atoms with E-state index in [1.165, 1.54) is 7.11 Å². The second-order valence-electron chi connectivity index (χ2n) is 9.94. The van der Waals surface area contributed by atoms with Gasteiger partial charge in [0.2, 0.25) is 11.0 Å². The number of nitrogens with two attached hydrogens (primary N) is 1. The third-order valence-electron chi connectivity index (χ3n) is 6.81. The van der Waals surface area contributed by atoms with Crippen LogP contribution in [0, 0.1) is 6.92 Å². The van der Waals surface area contributed by atoms with Gasteiger partial charge in [0.25, 0.3) is 5.91 Å². The standard InChI is InChI=1S/C31H35N3O8S/c1-21-18-22(30(35)33-13-16-41-15-12-32)19-23(20-40-2)29(21)42-31(36)28-24-8-3-5-10-26(24)34(14-7-17-43(37,38)39)27-11-6-4-9-25(27)28/h3-6,8-11,18-19H,7,12-17,20,32H2,1-2H3,(H-,33,35,37,38,39). The van der Waals surface area contributed by atoms with Crippen LogP contribution in [0.2, 0.25) is 0 Å². The van der Waals surface area contributed by atoms with Crippen molar-refractivity contribution < 1.29 is 41.3 Å². The quantitative estimate of drug-likeness (QED) is 0.0547. The van der Waals surface area contributed by atoms with E-state index in [1.807, 2.05) is 28.8 Å². The van der Waals surface area contributed by atoms with E-state index in [2.05, 4.69) is 5.32 Å². The number of hydrogen-bond acceptors (Lipinski definition) is 9. The Morgan fingerprint density at radius 3 is 2.26 bits per heavy atom. The predicted octanol–water partition coefficient (Wildman–Crippen LogP) is 2.59. The number of fused-ring (bicyclic) bond motifs is 2. The van der Waals surface area contributed by atoms with Gasteiger partial charge in [-0.1, -0.05) is 24.3 Å². The highest BCUT2D eigenvalue weighted by molar-refractivity contribution is 7.85. The molecule has 0 saturated heterocycles. The number of ether oxygens (including phenoxy) is 3. The third-order valence-corrected chi connectivity index (χ3v) is 7.60. The molecule has 0 fully saturated rings. The fourth-order valence-electron chi connectivity index (χ4n) is 5.03. The summed E-state index contributed by atoms with van der Waals surface area (Å²) in [6.45, 7) is 3.57. The Bertz CT molecular complexity index is 1680. The highest BCUT2D eigenvalue weighted by atomic mass is 32.2. The number of carbonyl (C=O) groups excluding carboxylic acids is 2. The number of carbonyl (C=O) groups is 2. The molecular weight excluding hydrogens is 574 g/mol. The van der Waals surface area contributed by atoms with Crippen molar-refractivity contribution >= 4 is 43.8 Å². The average Bonchev–Trinajstić information content (AvgIpc) is 2.97. The number of amides is 1. The molecule has 0 spiro atoms. The van der Waals surface area contributed by atoms with Crippen molar-refractivity contribution in [2.24, 2.45) is 5.73 Å². The fourth-order valence-corrected chi connectivity index (χ4v) is 5.51. The molecule has 0 atom stereocenters. The van der Waals surface area contributed by atoms with Gasteiger partial charge in [0.05, 0.1) is 46.3 Å². The number of nitrogens with zero attached hydrogens (tertiary/aromatic N) is 1. The molecule has 0 bridgehead atoms. The number of rotatable bonds is 14. The number of esters is 1. The Balaban J connectivity index is 1.71. The maximum atomic E-state index is 14.0. The Hall–Kier alpha value is -3.94. The van der Waals surface area contributed by atoms with Gasteiger partial charge in [-0.2, -0.15) is 4.57 Å². The van der Waals surface area contributed by atoms with Gasteiger partial charge < -0.3 is 29.8 Å². The van der Waals surface area contributed by atoms with E-state index in [9.17, 15) is 22.6 Å². The van der Waals surface area contributed by atoms with Crippen LogP contribution in [0.25, 0.3) is 21.8 Å². The van der Waals surface area contributed by atoms with Crippen molar-refractivity contribution in [2.45, 2.75) is 26.5 Å². The largest absolute Gasteiger partial charge is 0.748 e. The Kier molecular flexibility index (Phi) is 10.8. The molecule has 0 aliphatic carbocycles. The number of methoxy groups -OCH3 is 1. The number of aromatic nitrogens is 1. The first kappa shape index (κ1) is 32.0. The fraction of sp³-hybridized carbons (Fsp3) is 0.323. The maximum absolute atomic E-state index is 14.0. The maximum Gasteiger partial charge on any atom is 0.345 e. The van der Waals surface area contributed by atoms with Crippen LogP contribution in [0.4, 0.5) is 0 Å². The van der Waals surface area contributed by atoms with Crippen molar-refractivity contribution in [2.75, 3.05) is 39.2 Å². The van der Waals surface area contributed by atoms with E-state index in [1.54, 1.807) is 43.3 Å². The molecule has 0 radical (unpaired) electrons. The Morgan fingerprint density at radius 1 is 1.00 bits per heavy atom. The minimum absolute atomic E-state index is 0.100. The molecule has 0 unspecified atom stereocenters. The number of nitrogens with one attached hydrogen (secondary N) is 1. The van der Waals surface area contributed by atoms with Crippen LogP contribution in [-0.2, 0) is 32.7 Å². The topological polar surface area (TPSA) is 161 Å². The Labute approximate surface area is 250 Å². The lowest BCUT2D eigenvalue weighted by atomic mass is 10.0. The van der Waals surface area contributed by atoms with E-state index in [4.69, 9.17) is 19.9 Å². The summed E-state index contributed by atoms with van der Waals surface area (Å²) in [5.74, 6) is -1.11. The molecule has 3 aromatic carbocycles. The van der Waals surface area contributed by atoms with Crippen molar-refractivity contribution in [3.63, 3.8) is 0 Å². The van der Waals surface area contributed by atoms with Gasteiger partial charge in [0, 0.05) is 55.6 Å². The molecule has 4 rings (SSSR count). The predicted molar refractivity (Wildman–Crippen MR) is 160 cm³/mol. The van der Waals surface area contributed by atoms with E-state index >= 15 is 0 Å². The molecule has 11 nitrogen and oxygen atoms in total. The number of para-hydroxylation sites is 2. The monoisotopic (exact) mass is 609 g/mol. The van der Waals surface area contributed by atoms with E-state index < -0.39 is 21.8 Å². The van der Waals surface area contributed by atoms with E-state index in [0.717, 1.165) is 0 Å². The van der Waals surface area contributed by atoms with E-state index in [0.29, 0.717) is 76.1 Å². The SMILES string of the molecule is COCc1cc(C(=O)NCCOCCN)cc(C)c1OC(=O)c1c2ccccc2[n+](CCCS(=O)(=O)[O-])c2ccccc12. The molecule has 3 N–H and O–H groups in total. The lowest BCUT2D eigenvalue weighted by Crippen LogP contribution is -2.37. The van der Waals surface area contributed by atoms with Crippen LogP contribution in [0.1, 0.15) is 38.3 Å². The first-order valence-corrected chi connectivity index (χ1v) is 15.4. The van der Waals surface area contributed by atoms with Crippen LogP contribution in [0.5, 0.6) is 5.75 Å². The smallest absolute Gasteiger partial charge is 0.345 e. The van der Waals surface area contributed by atoms with Crippen LogP contribution in [-0.4, -0.2) is 64.0 Å². The summed E-state index contributed by atoms with van der Waals surface area (Å²) in [7, 11) is -2.86. The zero-order chi connectivity index (χ0) is 31.0. The summed E-state index contributed by atoms with van der Waals surface area (Å²) in [5, 5.41) is 4.02. The van der Waals surface area contributed by atoms with Gasteiger partial charge in [-0.05, 0) is 36.8 Å². The van der Waals surface area contributed by atoms with Crippen LogP contribution in [0.3, 0.4) is 0 Å². The lowest BCUT2D eigenvalue weighted by Gasteiger charge is -2.16. The van der Waals surface area contributed by atoms with Crippen LogP contribution in [0.15, 0.2) is 60.7 Å². The summed E-state index contributed by atoms with van der Waals surface area (Å²) >= 11 is 0. The van der Waals surface area contributed by atoms with Gasteiger partial charge in [0.1, 0.15) is 5.75 Å². The molecule has 1 amide bonds. The molecule has 0 saturated carbocycles. The second kappa shape index (κ2) is 14.5. The molecule has 43 heavy (non-hydrogen) atoms. The second-order valence-corrected chi connectivity index (χ2v) is 11.5. The lowest BCUT2D eigenvalue weighted by molar-refractivity contribution is -0.645. The van der Waals surface area contributed by atoms with E-state index in [-0.39, 0.29) is 25.5 Å². The molecule has 12 heteroatoms. The van der Waals surface area contributed by atoms with Crippen LogP contribution < -0.4 is 20.4 Å². The molecule has 0 aliphatic heterocycles. The number of benzene rings is 3. The van der Waals surface area contributed by atoms with Crippen molar-refractivity contribution in [3.8, 4) is 5.75 Å². The average molecular weight is 610 g/mol. The van der Waals surface area contributed by atoms with Crippen molar-refractivity contribution in [3.05, 3.63) is 82.9 Å². The highest BCUT2D eigenvalue weighted by Gasteiger charge is 2.26. The molecule has 1 aromatic heterocycles. The number of hydrogen-bond donors (Lipinski definition) is 2. The van der Waals surface area contributed by atoms with Gasteiger partial charge in [-0.3, -0.25) is 4.79 Å².